The van der Waals surface area contributed by atoms with Gasteiger partial charge in [-0.1, -0.05) is 0 Å². The zero-order chi connectivity index (χ0) is 14.4. The van der Waals surface area contributed by atoms with Gasteiger partial charge in [0, 0.05) is 0 Å². The van der Waals surface area contributed by atoms with Crippen LogP contribution in [0.3, 0.4) is 0 Å². The first-order chi connectivity index (χ1) is 9.56. The molecule has 0 aliphatic carbocycles. The van der Waals surface area contributed by atoms with E-state index in [1.54, 1.807) is 10.4 Å². The Morgan fingerprint density at radius 3 is 1.60 bits per heavy atom. The standard InChI is InChI=1S/C15H16Si.3CH3.Sn/c1-2-13-16(14-9-5-3-6-10-14)15-11-7-4-8-12-15;;;;/h3-12H,1-2,13H2;3*1H3;. The number of benzene rings is 2. The molecule has 0 saturated heterocycles. The first-order valence-corrected chi connectivity index (χ1v) is 19.8. The monoisotopic (exact) mass is 389 g/mol. The van der Waals surface area contributed by atoms with Crippen molar-refractivity contribution in [1.29, 1.82) is 0 Å². The fourth-order valence-electron chi connectivity index (χ4n) is 2.53. The van der Waals surface area contributed by atoms with Gasteiger partial charge in [-0.05, 0) is 0 Å². The first-order valence-electron chi connectivity index (χ1n) is 7.53. The topological polar surface area (TPSA) is 0 Å². The van der Waals surface area contributed by atoms with Gasteiger partial charge in [0.15, 0.2) is 0 Å². The van der Waals surface area contributed by atoms with E-state index in [1.807, 2.05) is 0 Å². The van der Waals surface area contributed by atoms with Gasteiger partial charge >= 0.3 is 130 Å². The normalized spacial score (nSPS) is 11.8. The van der Waals surface area contributed by atoms with Gasteiger partial charge < -0.3 is 0 Å². The summed E-state index contributed by atoms with van der Waals surface area (Å²) in [5, 5.41) is 3.13. The van der Waals surface area contributed by atoms with Crippen LogP contribution in [0.4, 0.5) is 0 Å². The molecule has 0 aliphatic heterocycles. The molecule has 0 aliphatic rings. The molecule has 1 radical (unpaired) electrons. The zero-order valence-electron chi connectivity index (χ0n) is 12.9. The Bertz CT molecular complexity index is 462. The van der Waals surface area contributed by atoms with E-state index in [0.717, 1.165) is 0 Å². The van der Waals surface area contributed by atoms with Crippen LogP contribution in [0.5, 0.6) is 0 Å². The molecule has 0 aromatic heterocycles. The third-order valence-corrected chi connectivity index (χ3v) is 11.8. The molecule has 0 nitrogen and oxygen atoms in total. The molecule has 2 aromatic carbocycles. The van der Waals surface area contributed by atoms with Crippen LogP contribution in [0, 0.1) is 0 Å². The molecule has 0 fully saturated rings. The van der Waals surface area contributed by atoms with Gasteiger partial charge in [0.2, 0.25) is 0 Å². The molecule has 0 amide bonds. The Labute approximate surface area is 129 Å². The molecule has 0 spiro atoms. The maximum atomic E-state index is 2.55. The van der Waals surface area contributed by atoms with Gasteiger partial charge in [0.25, 0.3) is 0 Å². The molecule has 20 heavy (non-hydrogen) atoms. The summed E-state index contributed by atoms with van der Waals surface area (Å²) in [6.45, 7) is 0. The fourth-order valence-corrected chi connectivity index (χ4v) is 9.70. The Kier molecular flexibility index (Phi) is 5.91. The molecular weight excluding hydrogens is 363 g/mol. The average Bonchev–Trinajstić information content (AvgIpc) is 2.44. The summed E-state index contributed by atoms with van der Waals surface area (Å²) in [6.07, 6.45) is 1.41. The summed E-state index contributed by atoms with van der Waals surface area (Å²) in [6, 6.07) is 23.7. The van der Waals surface area contributed by atoms with Gasteiger partial charge in [-0.2, -0.15) is 0 Å². The van der Waals surface area contributed by atoms with Gasteiger partial charge in [-0.3, -0.25) is 0 Å². The number of rotatable bonds is 6. The predicted octanol–water partition coefficient (Wildman–Crippen LogP) is 4.02. The molecule has 2 rings (SSSR count). The third kappa shape index (κ3) is 5.10. The third-order valence-electron chi connectivity index (χ3n) is 3.60. The van der Waals surface area contributed by atoms with Crippen molar-refractivity contribution in [3.05, 3.63) is 60.7 Å². The van der Waals surface area contributed by atoms with E-state index >= 15 is 0 Å². The number of hydrogen-bond acceptors (Lipinski definition) is 0. The summed E-state index contributed by atoms with van der Waals surface area (Å²) >= 11 is -1.60. The van der Waals surface area contributed by atoms with Crippen molar-refractivity contribution in [2.75, 3.05) is 0 Å². The molecule has 2 aromatic rings. The van der Waals surface area contributed by atoms with Crippen molar-refractivity contribution in [3.63, 3.8) is 0 Å². The summed E-state index contributed by atoms with van der Waals surface area (Å²) in [4.78, 5) is 7.64. The van der Waals surface area contributed by atoms with Crippen molar-refractivity contribution >= 4 is 37.5 Å². The number of hydrogen-bond donors (Lipinski definition) is 0. The van der Waals surface area contributed by atoms with Crippen molar-refractivity contribution in [2.45, 2.75) is 31.7 Å². The van der Waals surface area contributed by atoms with Crippen LogP contribution < -0.4 is 10.4 Å². The second-order valence-electron chi connectivity index (χ2n) is 6.62. The van der Waals surface area contributed by atoms with Crippen molar-refractivity contribution < 1.29 is 0 Å². The Morgan fingerprint density at radius 1 is 0.750 bits per heavy atom. The second kappa shape index (κ2) is 7.46. The molecule has 2 heteroatoms. The van der Waals surface area contributed by atoms with E-state index in [4.69, 9.17) is 0 Å². The SMILES string of the molecule is [CH3][Sn]([CH3])([CH3])[CH2]CC[Si](c1ccccc1)c1ccccc1. The maximum absolute atomic E-state index is 2.55. The van der Waals surface area contributed by atoms with Gasteiger partial charge in [-0.15, -0.1) is 0 Å². The Morgan fingerprint density at radius 2 is 1.20 bits per heavy atom. The fraction of sp³-hybridized carbons (Fsp3) is 0.333. The van der Waals surface area contributed by atoms with E-state index in [2.05, 4.69) is 75.5 Å². The molecule has 0 atom stereocenters. The molecule has 0 N–H and O–H groups in total. The van der Waals surface area contributed by atoms with E-state index in [9.17, 15) is 0 Å². The summed E-state index contributed by atoms with van der Waals surface area (Å²) in [7, 11) is -0.588. The molecule has 0 heterocycles. The minimum atomic E-state index is -1.60. The Balaban J connectivity index is 2.13. The van der Waals surface area contributed by atoms with Crippen LogP contribution in [-0.4, -0.2) is 27.2 Å². The average molecular weight is 388 g/mol. The van der Waals surface area contributed by atoms with Gasteiger partial charge in [0.1, 0.15) is 0 Å². The minimum absolute atomic E-state index is 0.588. The molecule has 0 unspecified atom stereocenters. The van der Waals surface area contributed by atoms with Gasteiger partial charge in [0.05, 0.1) is 0 Å². The van der Waals surface area contributed by atoms with E-state index in [-0.39, 0.29) is 0 Å². The van der Waals surface area contributed by atoms with Crippen molar-refractivity contribution in [2.24, 2.45) is 0 Å². The Hall–Kier alpha value is -0.544. The van der Waals surface area contributed by atoms with E-state index < -0.39 is 27.2 Å². The molecule has 105 valence electrons. The molecule has 0 bridgehead atoms. The molecule has 0 saturated carbocycles. The summed E-state index contributed by atoms with van der Waals surface area (Å²) in [5.74, 6) is 0. The van der Waals surface area contributed by atoms with Crippen molar-refractivity contribution in [3.8, 4) is 0 Å². The summed E-state index contributed by atoms with van der Waals surface area (Å²) in [5.41, 5.74) is 0. The quantitative estimate of drug-likeness (QED) is 0.656. The zero-order valence-corrected chi connectivity index (χ0v) is 16.7. The molecular formula is C18H25SiSn. The van der Waals surface area contributed by atoms with Crippen LogP contribution in [0.25, 0.3) is 0 Å². The van der Waals surface area contributed by atoms with Crippen molar-refractivity contribution in [1.82, 2.24) is 0 Å². The first kappa shape index (κ1) is 15.8. The van der Waals surface area contributed by atoms with Gasteiger partial charge in [-0.25, -0.2) is 0 Å². The summed E-state index contributed by atoms with van der Waals surface area (Å²) < 4.78 is 1.52. The second-order valence-corrected chi connectivity index (χ2v) is 25.3. The van der Waals surface area contributed by atoms with Crippen LogP contribution >= 0.6 is 0 Å². The predicted molar refractivity (Wildman–Crippen MR) is 95.5 cm³/mol. The van der Waals surface area contributed by atoms with Crippen LogP contribution in [0.1, 0.15) is 6.42 Å². The van der Waals surface area contributed by atoms with E-state index in [1.165, 1.54) is 16.9 Å². The van der Waals surface area contributed by atoms with E-state index in [0.29, 0.717) is 0 Å². The van der Waals surface area contributed by atoms with Crippen LogP contribution in [0.2, 0.25) is 25.3 Å². The van der Waals surface area contributed by atoms with Crippen LogP contribution in [-0.2, 0) is 0 Å². The van der Waals surface area contributed by atoms with Crippen LogP contribution in [0.15, 0.2) is 60.7 Å².